The van der Waals surface area contributed by atoms with Crippen LogP contribution in [0.1, 0.15) is 44.6 Å². The van der Waals surface area contributed by atoms with Crippen molar-refractivity contribution in [1.82, 2.24) is 10.2 Å². The van der Waals surface area contributed by atoms with E-state index in [0.717, 1.165) is 35.6 Å². The Bertz CT molecular complexity index is 1500. The predicted octanol–water partition coefficient (Wildman–Crippen LogP) is 6.06. The molecule has 0 aromatic heterocycles. The minimum Gasteiger partial charge on any atom is -0.497 e. The van der Waals surface area contributed by atoms with Crippen molar-refractivity contribution in [3.63, 3.8) is 0 Å². The summed E-state index contributed by atoms with van der Waals surface area (Å²) in [7, 11) is -2.71. The summed E-state index contributed by atoms with van der Waals surface area (Å²) in [5, 5.41) is 3.47. The smallest absolute Gasteiger partial charge is 0.264 e. The zero-order valence-corrected chi connectivity index (χ0v) is 26.0. The van der Waals surface area contributed by atoms with Gasteiger partial charge in [-0.05, 0) is 67.3 Å². The van der Waals surface area contributed by atoms with Gasteiger partial charge in [0, 0.05) is 17.6 Å². The van der Waals surface area contributed by atoms with Gasteiger partial charge in [-0.15, -0.1) is 0 Å². The molecule has 0 unspecified atom stereocenters. The predicted molar refractivity (Wildman–Crippen MR) is 165 cm³/mol. The number of anilines is 1. The Morgan fingerprint density at radius 3 is 2.38 bits per heavy atom. The molecule has 224 valence electrons. The van der Waals surface area contributed by atoms with Gasteiger partial charge in [-0.1, -0.05) is 73.3 Å². The Labute approximate surface area is 257 Å². The fourth-order valence-corrected chi connectivity index (χ4v) is 7.05. The summed E-state index contributed by atoms with van der Waals surface area (Å²) in [6.45, 7) is 1.29. The van der Waals surface area contributed by atoms with Crippen molar-refractivity contribution in [2.45, 2.75) is 62.6 Å². The highest BCUT2D eigenvalue weighted by Gasteiger charge is 2.35. The van der Waals surface area contributed by atoms with E-state index in [2.05, 4.69) is 5.32 Å². The van der Waals surface area contributed by atoms with Crippen LogP contribution in [0.25, 0.3) is 0 Å². The van der Waals surface area contributed by atoms with Gasteiger partial charge in [0.05, 0.1) is 22.7 Å². The van der Waals surface area contributed by atoms with Crippen LogP contribution in [0, 0.1) is 0 Å². The average molecular weight is 633 g/mol. The summed E-state index contributed by atoms with van der Waals surface area (Å²) in [5.74, 6) is -0.233. The topological polar surface area (TPSA) is 96.0 Å². The zero-order chi connectivity index (χ0) is 30.3. The van der Waals surface area contributed by atoms with Crippen LogP contribution in [0.2, 0.25) is 10.0 Å². The highest BCUT2D eigenvalue weighted by molar-refractivity contribution is 7.92. The molecule has 0 saturated heterocycles. The summed E-state index contributed by atoms with van der Waals surface area (Å²) in [5.41, 5.74) is 0.791. The maximum Gasteiger partial charge on any atom is 0.264 e. The van der Waals surface area contributed by atoms with Gasteiger partial charge >= 0.3 is 0 Å². The van der Waals surface area contributed by atoms with Crippen LogP contribution in [-0.4, -0.2) is 50.9 Å². The van der Waals surface area contributed by atoms with E-state index in [1.54, 1.807) is 43.5 Å². The largest absolute Gasteiger partial charge is 0.497 e. The van der Waals surface area contributed by atoms with Gasteiger partial charge in [-0.3, -0.25) is 13.9 Å². The third-order valence-electron chi connectivity index (χ3n) is 7.36. The lowest BCUT2D eigenvalue weighted by molar-refractivity contribution is -0.140. The average Bonchev–Trinajstić information content (AvgIpc) is 3.50. The first-order valence-corrected chi connectivity index (χ1v) is 16.1. The van der Waals surface area contributed by atoms with Crippen LogP contribution in [0.15, 0.2) is 77.7 Å². The number of carbonyl (C=O) groups is 2. The number of sulfonamides is 1. The van der Waals surface area contributed by atoms with E-state index in [1.165, 1.54) is 35.2 Å². The van der Waals surface area contributed by atoms with E-state index < -0.39 is 28.5 Å². The SMILES string of the molecule is CC[C@@H](C(=O)NC1CCCC1)N(Cc1cccc(OC)c1)C(=O)CN(c1cc(Cl)ccc1Cl)S(=O)(=O)c1ccccc1. The molecule has 2 amide bonds. The first kappa shape index (κ1) is 31.7. The van der Waals surface area contributed by atoms with E-state index >= 15 is 0 Å². The Morgan fingerprint density at radius 2 is 1.71 bits per heavy atom. The molecule has 1 saturated carbocycles. The minimum atomic E-state index is -4.25. The first-order chi connectivity index (χ1) is 20.1. The molecular formula is C31H35Cl2N3O5S. The number of nitrogens with zero attached hydrogens (tertiary/aromatic N) is 2. The monoisotopic (exact) mass is 631 g/mol. The first-order valence-electron chi connectivity index (χ1n) is 13.9. The van der Waals surface area contributed by atoms with Gasteiger partial charge in [0.25, 0.3) is 10.0 Å². The number of halogens is 2. The van der Waals surface area contributed by atoms with E-state index in [4.69, 9.17) is 27.9 Å². The quantitative estimate of drug-likeness (QED) is 0.262. The van der Waals surface area contributed by atoms with Crippen molar-refractivity contribution in [1.29, 1.82) is 0 Å². The maximum absolute atomic E-state index is 14.2. The van der Waals surface area contributed by atoms with Gasteiger partial charge in [0.15, 0.2) is 0 Å². The molecule has 4 rings (SSSR count). The molecule has 11 heteroatoms. The summed E-state index contributed by atoms with van der Waals surface area (Å²) < 4.78 is 34.2. The fourth-order valence-electron chi connectivity index (χ4n) is 5.16. The third-order valence-corrected chi connectivity index (χ3v) is 9.69. The number of carbonyl (C=O) groups excluding carboxylic acids is 2. The standard InChI is InChI=1S/C31H35Cl2N3O5S/c1-3-28(31(38)34-24-11-7-8-12-24)35(20-22-10-9-13-25(18-22)41-2)30(37)21-36(29-19-23(32)16-17-27(29)33)42(39,40)26-14-5-4-6-15-26/h4-6,9-10,13-19,24,28H,3,7-8,11-12,20-21H2,1-2H3,(H,34,38)/t28-/m0/s1. The van der Waals surface area contributed by atoms with Crippen LogP contribution in [0.5, 0.6) is 5.75 Å². The van der Waals surface area contributed by atoms with Crippen molar-refractivity contribution in [2.75, 3.05) is 18.0 Å². The molecule has 0 spiro atoms. The number of methoxy groups -OCH3 is 1. The lowest BCUT2D eigenvalue weighted by atomic mass is 10.1. The number of nitrogens with one attached hydrogen (secondary N) is 1. The summed E-state index contributed by atoms with van der Waals surface area (Å²) in [6.07, 6.45) is 4.20. The van der Waals surface area contributed by atoms with E-state index in [1.807, 2.05) is 13.0 Å². The zero-order valence-electron chi connectivity index (χ0n) is 23.6. The second-order valence-corrected chi connectivity index (χ2v) is 12.9. The van der Waals surface area contributed by atoms with Crippen LogP contribution >= 0.6 is 23.2 Å². The van der Waals surface area contributed by atoms with Gasteiger partial charge in [0.2, 0.25) is 11.8 Å². The van der Waals surface area contributed by atoms with Gasteiger partial charge in [-0.25, -0.2) is 8.42 Å². The summed E-state index contributed by atoms with van der Waals surface area (Å²) in [6, 6.07) is 18.7. The van der Waals surface area contributed by atoms with Crippen molar-refractivity contribution >= 4 is 50.7 Å². The second kappa shape index (κ2) is 14.3. The van der Waals surface area contributed by atoms with Crippen molar-refractivity contribution < 1.29 is 22.7 Å². The van der Waals surface area contributed by atoms with Gasteiger partial charge in [0.1, 0.15) is 18.3 Å². The molecule has 0 bridgehead atoms. The van der Waals surface area contributed by atoms with Crippen molar-refractivity contribution in [3.8, 4) is 5.75 Å². The van der Waals surface area contributed by atoms with Crippen molar-refractivity contribution in [2.24, 2.45) is 0 Å². The molecule has 0 heterocycles. The molecule has 1 fully saturated rings. The number of ether oxygens (including phenoxy) is 1. The summed E-state index contributed by atoms with van der Waals surface area (Å²) >= 11 is 12.7. The van der Waals surface area contributed by atoms with E-state index in [-0.39, 0.29) is 39.1 Å². The Morgan fingerprint density at radius 1 is 1.00 bits per heavy atom. The molecule has 42 heavy (non-hydrogen) atoms. The number of benzene rings is 3. The number of rotatable bonds is 12. The van der Waals surface area contributed by atoms with E-state index in [0.29, 0.717) is 12.2 Å². The second-order valence-electron chi connectivity index (χ2n) is 10.2. The molecule has 0 radical (unpaired) electrons. The molecule has 1 atom stereocenters. The summed E-state index contributed by atoms with van der Waals surface area (Å²) in [4.78, 5) is 29.2. The lowest BCUT2D eigenvalue weighted by Crippen LogP contribution is -2.53. The van der Waals surface area contributed by atoms with Crippen LogP contribution in [0.3, 0.4) is 0 Å². The number of hydrogen-bond donors (Lipinski definition) is 1. The van der Waals surface area contributed by atoms with Crippen LogP contribution in [-0.2, 0) is 26.2 Å². The van der Waals surface area contributed by atoms with Crippen LogP contribution < -0.4 is 14.4 Å². The molecular weight excluding hydrogens is 597 g/mol. The molecule has 1 N–H and O–H groups in total. The van der Waals surface area contributed by atoms with Gasteiger partial charge < -0.3 is 15.0 Å². The Kier molecular flexibility index (Phi) is 10.8. The Hall–Kier alpha value is -3.27. The lowest BCUT2D eigenvalue weighted by Gasteiger charge is -2.34. The molecule has 1 aliphatic rings. The highest BCUT2D eigenvalue weighted by Crippen LogP contribution is 2.33. The fraction of sp³-hybridized carbons (Fsp3) is 0.355. The number of amides is 2. The van der Waals surface area contributed by atoms with Crippen LogP contribution in [0.4, 0.5) is 5.69 Å². The van der Waals surface area contributed by atoms with Gasteiger partial charge in [-0.2, -0.15) is 0 Å². The molecule has 1 aliphatic carbocycles. The van der Waals surface area contributed by atoms with E-state index in [9.17, 15) is 18.0 Å². The maximum atomic E-state index is 14.2. The minimum absolute atomic E-state index is 0.0146. The molecule has 3 aromatic rings. The van der Waals surface area contributed by atoms with Crippen molar-refractivity contribution in [3.05, 3.63) is 88.4 Å². The Balaban J connectivity index is 1.74. The molecule has 3 aromatic carbocycles. The molecule has 8 nitrogen and oxygen atoms in total. The normalized spacial score (nSPS) is 14.3. The number of hydrogen-bond acceptors (Lipinski definition) is 5. The third kappa shape index (κ3) is 7.56. The highest BCUT2D eigenvalue weighted by atomic mass is 35.5. The molecule has 0 aliphatic heterocycles.